The van der Waals surface area contributed by atoms with Crippen molar-refractivity contribution in [3.05, 3.63) is 47.5 Å². The number of hydrogen-bond donors (Lipinski definition) is 1. The van der Waals surface area contributed by atoms with E-state index in [9.17, 15) is 9.90 Å². The van der Waals surface area contributed by atoms with E-state index in [1.165, 1.54) is 7.11 Å². The summed E-state index contributed by atoms with van der Waals surface area (Å²) in [5.74, 6) is 1.60. The minimum absolute atomic E-state index is 0.0235. The maximum Gasteiger partial charge on any atom is 0.310 e. The fraction of sp³-hybridized carbons (Fsp3) is 0.458. The molecule has 162 valence electrons. The van der Waals surface area contributed by atoms with Gasteiger partial charge < -0.3 is 24.1 Å². The van der Waals surface area contributed by atoms with Crippen molar-refractivity contribution in [1.29, 1.82) is 0 Å². The first-order valence-corrected chi connectivity index (χ1v) is 10.1. The lowest BCUT2D eigenvalue weighted by Crippen LogP contribution is -2.28. The monoisotopic (exact) mass is 414 g/mol. The van der Waals surface area contributed by atoms with Crippen molar-refractivity contribution in [2.45, 2.75) is 32.8 Å². The van der Waals surface area contributed by atoms with Crippen molar-refractivity contribution in [3.63, 3.8) is 0 Å². The van der Waals surface area contributed by atoms with E-state index >= 15 is 0 Å². The maximum atomic E-state index is 12.8. The third kappa shape index (κ3) is 4.48. The molecule has 1 fully saturated rings. The van der Waals surface area contributed by atoms with E-state index in [1.807, 2.05) is 24.3 Å². The summed E-state index contributed by atoms with van der Waals surface area (Å²) in [7, 11) is 4.73. The zero-order chi connectivity index (χ0) is 21.8. The predicted octanol–water partition coefficient (Wildman–Crippen LogP) is 4.02. The van der Waals surface area contributed by atoms with Crippen LogP contribution in [0.5, 0.6) is 23.0 Å². The minimum atomic E-state index is -0.278. The molecule has 6 heteroatoms. The molecule has 0 saturated carbocycles. The molecule has 2 aromatic rings. The van der Waals surface area contributed by atoms with Crippen molar-refractivity contribution in [3.8, 4) is 23.0 Å². The van der Waals surface area contributed by atoms with E-state index in [1.54, 1.807) is 26.4 Å². The molecule has 1 aliphatic rings. The number of aromatic hydroxyl groups is 1. The van der Waals surface area contributed by atoms with Crippen LogP contribution in [-0.4, -0.2) is 38.5 Å². The van der Waals surface area contributed by atoms with Gasteiger partial charge in [-0.2, -0.15) is 0 Å². The molecule has 0 amide bonds. The molecule has 0 aromatic heterocycles. The van der Waals surface area contributed by atoms with Crippen LogP contribution in [0.15, 0.2) is 36.4 Å². The number of hydrogen-bond acceptors (Lipinski definition) is 6. The highest BCUT2D eigenvalue weighted by Gasteiger charge is 2.45. The summed E-state index contributed by atoms with van der Waals surface area (Å²) in [5.41, 5.74) is 1.99. The third-order valence-corrected chi connectivity index (χ3v) is 5.77. The largest absolute Gasteiger partial charge is 0.504 e. The first-order chi connectivity index (χ1) is 14.4. The van der Waals surface area contributed by atoms with Gasteiger partial charge in [0.2, 0.25) is 0 Å². The van der Waals surface area contributed by atoms with Gasteiger partial charge in [-0.3, -0.25) is 4.79 Å². The Morgan fingerprint density at radius 3 is 2.13 bits per heavy atom. The molecule has 1 N–H and O–H groups in total. The summed E-state index contributed by atoms with van der Waals surface area (Å²) >= 11 is 0. The highest BCUT2D eigenvalue weighted by molar-refractivity contribution is 5.76. The molecule has 3 rings (SSSR count). The predicted molar refractivity (Wildman–Crippen MR) is 113 cm³/mol. The van der Waals surface area contributed by atoms with Gasteiger partial charge >= 0.3 is 5.97 Å². The number of esters is 1. The van der Waals surface area contributed by atoms with Crippen molar-refractivity contribution >= 4 is 5.97 Å². The fourth-order valence-corrected chi connectivity index (χ4v) is 4.22. The van der Waals surface area contributed by atoms with Crippen molar-refractivity contribution in [2.75, 3.05) is 21.3 Å². The molecule has 2 aromatic carbocycles. The molecule has 1 saturated heterocycles. The number of phenolic OH excluding ortho intramolecular Hbond substituents is 1. The summed E-state index contributed by atoms with van der Waals surface area (Å²) in [6.45, 7) is 4.15. The average Bonchev–Trinajstić information content (AvgIpc) is 3.04. The van der Waals surface area contributed by atoms with E-state index in [0.29, 0.717) is 30.1 Å². The number of ether oxygens (including phenoxy) is 4. The molecule has 1 unspecified atom stereocenters. The summed E-state index contributed by atoms with van der Waals surface area (Å²) in [5, 5.41) is 9.86. The quantitative estimate of drug-likeness (QED) is 0.658. The molecule has 0 spiro atoms. The Morgan fingerprint density at radius 2 is 1.50 bits per heavy atom. The number of benzene rings is 2. The minimum Gasteiger partial charge on any atom is -0.504 e. The van der Waals surface area contributed by atoms with Crippen LogP contribution in [0.2, 0.25) is 0 Å². The summed E-state index contributed by atoms with van der Waals surface area (Å²) in [6.07, 6.45) is 1.06. The van der Waals surface area contributed by atoms with Gasteiger partial charge in [0, 0.05) is 5.92 Å². The van der Waals surface area contributed by atoms with E-state index in [-0.39, 0.29) is 35.6 Å². The standard InChI is InChI=1S/C24H30O6/c1-14(2)23-17(10-16-7-9-20(27-3)22(13-16)29-5)18(24(26)30-23)11-15-6-8-19(25)21(12-15)28-4/h6-9,12-14,17-18,23,25H,10-11H2,1-5H3/t17-,18-,23?/m1/s1. The topological polar surface area (TPSA) is 74.2 Å². The molecular formula is C24H30O6. The molecular weight excluding hydrogens is 384 g/mol. The van der Waals surface area contributed by atoms with Crippen LogP contribution in [0, 0.1) is 17.8 Å². The van der Waals surface area contributed by atoms with Crippen LogP contribution in [0.3, 0.4) is 0 Å². The SMILES string of the molecule is COc1cc(C[C@H]2C(=O)OC(C(C)C)[C@@H]2Cc2ccc(OC)c(OC)c2)ccc1O. The Labute approximate surface area is 177 Å². The first kappa shape index (κ1) is 21.8. The van der Waals surface area contributed by atoms with Gasteiger partial charge in [-0.25, -0.2) is 0 Å². The summed E-state index contributed by atoms with van der Waals surface area (Å²) in [4.78, 5) is 12.8. The van der Waals surface area contributed by atoms with Crippen molar-refractivity contribution in [1.82, 2.24) is 0 Å². The Bertz CT molecular complexity index is 891. The van der Waals surface area contributed by atoms with Crippen molar-refractivity contribution < 1.29 is 28.8 Å². The van der Waals surface area contributed by atoms with E-state index in [0.717, 1.165) is 11.1 Å². The number of methoxy groups -OCH3 is 3. The Hall–Kier alpha value is -2.89. The number of rotatable bonds is 8. The van der Waals surface area contributed by atoms with Gasteiger partial charge in [-0.15, -0.1) is 0 Å². The second-order valence-corrected chi connectivity index (χ2v) is 8.02. The molecule has 1 heterocycles. The molecule has 30 heavy (non-hydrogen) atoms. The van der Waals surface area contributed by atoms with Gasteiger partial charge in [0.25, 0.3) is 0 Å². The number of cyclic esters (lactones) is 1. The van der Waals surface area contributed by atoms with Crippen LogP contribution in [0.4, 0.5) is 0 Å². The molecule has 3 atom stereocenters. The Kier molecular flexibility index (Phi) is 6.75. The third-order valence-electron chi connectivity index (χ3n) is 5.77. The zero-order valence-corrected chi connectivity index (χ0v) is 18.2. The smallest absolute Gasteiger partial charge is 0.310 e. The van der Waals surface area contributed by atoms with E-state index in [4.69, 9.17) is 18.9 Å². The summed E-state index contributed by atoms with van der Waals surface area (Å²) < 4.78 is 21.8. The van der Waals surface area contributed by atoms with E-state index < -0.39 is 0 Å². The second-order valence-electron chi connectivity index (χ2n) is 8.02. The highest BCUT2D eigenvalue weighted by Crippen LogP contribution is 2.39. The average molecular weight is 414 g/mol. The van der Waals surface area contributed by atoms with Crippen LogP contribution >= 0.6 is 0 Å². The van der Waals surface area contributed by atoms with Gasteiger partial charge in [0.15, 0.2) is 23.0 Å². The van der Waals surface area contributed by atoms with Crippen molar-refractivity contribution in [2.24, 2.45) is 17.8 Å². The first-order valence-electron chi connectivity index (χ1n) is 10.1. The molecule has 0 bridgehead atoms. The molecule has 6 nitrogen and oxygen atoms in total. The Balaban J connectivity index is 1.89. The fourth-order valence-electron chi connectivity index (χ4n) is 4.22. The lowest BCUT2D eigenvalue weighted by Gasteiger charge is -2.24. The maximum absolute atomic E-state index is 12.8. The lowest BCUT2D eigenvalue weighted by molar-refractivity contribution is -0.145. The second kappa shape index (κ2) is 9.28. The zero-order valence-electron chi connectivity index (χ0n) is 18.2. The number of carbonyl (C=O) groups is 1. The van der Waals surface area contributed by atoms with Crippen LogP contribution < -0.4 is 14.2 Å². The Morgan fingerprint density at radius 1 is 0.900 bits per heavy atom. The van der Waals surface area contributed by atoms with Gasteiger partial charge in [0.05, 0.1) is 27.2 Å². The van der Waals surface area contributed by atoms with Gasteiger partial charge in [-0.1, -0.05) is 26.0 Å². The number of phenols is 1. The highest BCUT2D eigenvalue weighted by atomic mass is 16.6. The van der Waals surface area contributed by atoms with Crippen LogP contribution in [0.1, 0.15) is 25.0 Å². The molecule has 0 aliphatic carbocycles. The normalized spacial score (nSPS) is 20.9. The van der Waals surface area contributed by atoms with Crippen LogP contribution in [0.25, 0.3) is 0 Å². The molecule has 0 radical (unpaired) electrons. The molecule has 1 aliphatic heterocycles. The van der Waals surface area contributed by atoms with Crippen LogP contribution in [-0.2, 0) is 22.4 Å². The van der Waals surface area contributed by atoms with E-state index in [2.05, 4.69) is 13.8 Å². The lowest BCUT2D eigenvalue weighted by atomic mass is 9.78. The number of carbonyl (C=O) groups excluding carboxylic acids is 1. The summed E-state index contributed by atoms with van der Waals surface area (Å²) in [6, 6.07) is 11.0. The van der Waals surface area contributed by atoms with Gasteiger partial charge in [-0.05, 0) is 54.2 Å². The van der Waals surface area contributed by atoms with Gasteiger partial charge in [0.1, 0.15) is 6.10 Å².